The van der Waals surface area contributed by atoms with Crippen molar-refractivity contribution in [3.63, 3.8) is 0 Å². The van der Waals surface area contributed by atoms with Crippen molar-refractivity contribution in [2.75, 3.05) is 11.9 Å². The van der Waals surface area contributed by atoms with Crippen LogP contribution in [-0.4, -0.2) is 17.4 Å². The smallest absolute Gasteiger partial charge is 0.238 e. The van der Waals surface area contributed by atoms with Crippen LogP contribution in [0.3, 0.4) is 0 Å². The molecule has 0 bridgehead atoms. The summed E-state index contributed by atoms with van der Waals surface area (Å²) in [6, 6.07) is 11.9. The molecule has 0 atom stereocenters. The number of hydrogen-bond acceptors (Lipinski definition) is 3. The van der Waals surface area contributed by atoms with Crippen LogP contribution in [0, 0.1) is 0 Å². The fraction of sp³-hybridized carbons (Fsp3) is 0.333. The van der Waals surface area contributed by atoms with E-state index in [0.29, 0.717) is 6.54 Å². The zero-order valence-corrected chi connectivity index (χ0v) is 13.4. The molecule has 0 aliphatic heterocycles. The standard InChI is InChI=1S/C18H23N3O/c1-18(2,3)15-6-8-16(9-7-15)21-17(22)13-20-12-14-5-4-10-19-11-14/h4-11,20H,12-13H2,1-3H3,(H,21,22). The van der Waals surface area contributed by atoms with E-state index in [1.807, 2.05) is 24.3 Å². The maximum atomic E-state index is 11.9. The van der Waals surface area contributed by atoms with Crippen LogP contribution in [0.5, 0.6) is 0 Å². The molecule has 0 saturated heterocycles. The lowest BCUT2D eigenvalue weighted by Gasteiger charge is -2.19. The van der Waals surface area contributed by atoms with E-state index in [2.05, 4.69) is 48.5 Å². The SMILES string of the molecule is CC(C)(C)c1ccc(NC(=O)CNCc2cccnc2)cc1. The Morgan fingerprint density at radius 1 is 1.14 bits per heavy atom. The van der Waals surface area contributed by atoms with Crippen molar-refractivity contribution in [3.8, 4) is 0 Å². The van der Waals surface area contributed by atoms with Crippen molar-refractivity contribution in [3.05, 3.63) is 59.9 Å². The van der Waals surface area contributed by atoms with Crippen LogP contribution < -0.4 is 10.6 Å². The van der Waals surface area contributed by atoms with Crippen molar-refractivity contribution in [2.24, 2.45) is 0 Å². The summed E-state index contributed by atoms with van der Waals surface area (Å²) in [6.07, 6.45) is 3.52. The minimum atomic E-state index is -0.0487. The van der Waals surface area contributed by atoms with Gasteiger partial charge >= 0.3 is 0 Å². The van der Waals surface area contributed by atoms with E-state index in [1.165, 1.54) is 5.56 Å². The van der Waals surface area contributed by atoms with Crippen molar-refractivity contribution in [1.82, 2.24) is 10.3 Å². The number of rotatable bonds is 5. The van der Waals surface area contributed by atoms with Gasteiger partial charge in [0.2, 0.25) is 5.91 Å². The molecule has 2 aromatic rings. The molecule has 4 nitrogen and oxygen atoms in total. The van der Waals surface area contributed by atoms with E-state index in [1.54, 1.807) is 12.4 Å². The summed E-state index contributed by atoms with van der Waals surface area (Å²) >= 11 is 0. The third-order valence-corrected chi connectivity index (χ3v) is 3.37. The van der Waals surface area contributed by atoms with Crippen molar-refractivity contribution in [1.29, 1.82) is 0 Å². The Bertz CT molecular complexity index is 600. The number of amides is 1. The summed E-state index contributed by atoms with van der Waals surface area (Å²) in [5.74, 6) is -0.0487. The van der Waals surface area contributed by atoms with Crippen LogP contribution in [0.1, 0.15) is 31.9 Å². The highest BCUT2D eigenvalue weighted by Crippen LogP contribution is 2.23. The molecule has 22 heavy (non-hydrogen) atoms. The molecule has 0 saturated carbocycles. The first-order chi connectivity index (χ1) is 10.4. The first kappa shape index (κ1) is 16.2. The number of aromatic nitrogens is 1. The first-order valence-electron chi connectivity index (χ1n) is 7.45. The lowest BCUT2D eigenvalue weighted by atomic mass is 9.87. The molecule has 4 heteroatoms. The molecule has 116 valence electrons. The van der Waals surface area contributed by atoms with Crippen LogP contribution in [0.2, 0.25) is 0 Å². The van der Waals surface area contributed by atoms with E-state index in [9.17, 15) is 4.79 Å². The average molecular weight is 297 g/mol. The van der Waals surface area contributed by atoms with E-state index >= 15 is 0 Å². The Morgan fingerprint density at radius 3 is 2.45 bits per heavy atom. The summed E-state index contributed by atoms with van der Waals surface area (Å²) in [7, 11) is 0. The summed E-state index contributed by atoms with van der Waals surface area (Å²) in [6.45, 7) is 7.41. The average Bonchev–Trinajstić information content (AvgIpc) is 2.48. The highest BCUT2D eigenvalue weighted by Gasteiger charge is 2.13. The van der Waals surface area contributed by atoms with Gasteiger partial charge in [-0.3, -0.25) is 9.78 Å². The van der Waals surface area contributed by atoms with Gasteiger partial charge in [-0.1, -0.05) is 39.0 Å². The minimum absolute atomic E-state index is 0.0487. The van der Waals surface area contributed by atoms with Crippen LogP contribution in [0.25, 0.3) is 0 Å². The number of nitrogens with one attached hydrogen (secondary N) is 2. The monoisotopic (exact) mass is 297 g/mol. The highest BCUT2D eigenvalue weighted by atomic mass is 16.1. The molecule has 1 heterocycles. The molecular weight excluding hydrogens is 274 g/mol. The second-order valence-corrected chi connectivity index (χ2v) is 6.34. The molecule has 2 N–H and O–H groups in total. The number of carbonyl (C=O) groups excluding carboxylic acids is 1. The van der Waals surface area contributed by atoms with Gasteiger partial charge in [-0.05, 0) is 34.7 Å². The van der Waals surface area contributed by atoms with E-state index in [-0.39, 0.29) is 17.9 Å². The topological polar surface area (TPSA) is 54.0 Å². The van der Waals surface area contributed by atoms with Gasteiger partial charge in [-0.25, -0.2) is 0 Å². The van der Waals surface area contributed by atoms with Crippen LogP contribution in [0.15, 0.2) is 48.8 Å². The number of pyridine rings is 1. The number of nitrogens with zero attached hydrogens (tertiary/aromatic N) is 1. The number of carbonyl (C=O) groups is 1. The molecule has 0 spiro atoms. The molecule has 0 radical (unpaired) electrons. The Morgan fingerprint density at radius 2 is 1.86 bits per heavy atom. The third kappa shape index (κ3) is 4.97. The predicted octanol–water partition coefficient (Wildman–Crippen LogP) is 3.11. The summed E-state index contributed by atoms with van der Waals surface area (Å²) in [4.78, 5) is 15.9. The quantitative estimate of drug-likeness (QED) is 0.891. The maximum absolute atomic E-state index is 11.9. The zero-order valence-electron chi connectivity index (χ0n) is 13.4. The van der Waals surface area contributed by atoms with Crippen LogP contribution in [0.4, 0.5) is 5.69 Å². The molecule has 0 fully saturated rings. The fourth-order valence-corrected chi connectivity index (χ4v) is 2.08. The van der Waals surface area contributed by atoms with Gasteiger partial charge in [-0.2, -0.15) is 0 Å². The Hall–Kier alpha value is -2.20. The molecule has 1 amide bonds. The predicted molar refractivity (Wildman–Crippen MR) is 89.7 cm³/mol. The normalized spacial score (nSPS) is 11.2. The lowest BCUT2D eigenvalue weighted by Crippen LogP contribution is -2.27. The number of benzene rings is 1. The Kier molecular flexibility index (Phi) is 5.28. The zero-order chi connectivity index (χ0) is 16.0. The molecule has 0 aliphatic carbocycles. The third-order valence-electron chi connectivity index (χ3n) is 3.37. The van der Waals surface area contributed by atoms with E-state index < -0.39 is 0 Å². The molecule has 0 aliphatic rings. The first-order valence-corrected chi connectivity index (χ1v) is 7.45. The maximum Gasteiger partial charge on any atom is 0.238 e. The Labute approximate surface area is 132 Å². The van der Waals surface area contributed by atoms with Gasteiger partial charge < -0.3 is 10.6 Å². The fourth-order valence-electron chi connectivity index (χ4n) is 2.08. The summed E-state index contributed by atoms with van der Waals surface area (Å²) in [5, 5.41) is 6.00. The van der Waals surface area contributed by atoms with Gasteiger partial charge in [0, 0.05) is 24.6 Å². The lowest BCUT2D eigenvalue weighted by molar-refractivity contribution is -0.115. The van der Waals surface area contributed by atoms with E-state index in [0.717, 1.165) is 11.3 Å². The van der Waals surface area contributed by atoms with Gasteiger partial charge in [-0.15, -0.1) is 0 Å². The number of anilines is 1. The largest absolute Gasteiger partial charge is 0.325 e. The van der Waals surface area contributed by atoms with Crippen LogP contribution >= 0.6 is 0 Å². The summed E-state index contributed by atoms with van der Waals surface area (Å²) in [5.41, 5.74) is 3.25. The minimum Gasteiger partial charge on any atom is -0.325 e. The molecule has 2 rings (SSSR count). The van der Waals surface area contributed by atoms with Crippen molar-refractivity contribution in [2.45, 2.75) is 32.7 Å². The van der Waals surface area contributed by atoms with Crippen LogP contribution in [-0.2, 0) is 16.8 Å². The van der Waals surface area contributed by atoms with Gasteiger partial charge in [0.25, 0.3) is 0 Å². The molecular formula is C18H23N3O. The second kappa shape index (κ2) is 7.18. The number of hydrogen-bond donors (Lipinski definition) is 2. The second-order valence-electron chi connectivity index (χ2n) is 6.34. The highest BCUT2D eigenvalue weighted by molar-refractivity contribution is 5.92. The van der Waals surface area contributed by atoms with Gasteiger partial charge in [0.05, 0.1) is 6.54 Å². The van der Waals surface area contributed by atoms with E-state index in [4.69, 9.17) is 0 Å². The Balaban J connectivity index is 1.79. The summed E-state index contributed by atoms with van der Waals surface area (Å²) < 4.78 is 0. The van der Waals surface area contributed by atoms with Crippen molar-refractivity contribution >= 4 is 11.6 Å². The molecule has 1 aromatic heterocycles. The molecule has 1 aromatic carbocycles. The van der Waals surface area contributed by atoms with Gasteiger partial charge in [0.1, 0.15) is 0 Å². The molecule has 0 unspecified atom stereocenters. The van der Waals surface area contributed by atoms with Crippen molar-refractivity contribution < 1.29 is 4.79 Å². The van der Waals surface area contributed by atoms with Gasteiger partial charge in [0.15, 0.2) is 0 Å².